The minimum Gasteiger partial charge on any atom is -0.456 e. The Hall–Kier alpha value is -6.57. The first-order chi connectivity index (χ1) is 23.3. The minimum atomic E-state index is 0.626. The van der Waals surface area contributed by atoms with Crippen molar-refractivity contribution in [3.05, 3.63) is 157 Å². The van der Waals surface area contributed by atoms with Gasteiger partial charge in [-0.1, -0.05) is 97.1 Å². The highest BCUT2D eigenvalue weighted by Crippen LogP contribution is 2.41. The predicted molar refractivity (Wildman–Crippen MR) is 193 cm³/mol. The van der Waals surface area contributed by atoms with E-state index in [0.29, 0.717) is 5.56 Å². The van der Waals surface area contributed by atoms with Gasteiger partial charge in [0.25, 0.3) is 0 Å². The molecule has 0 aliphatic rings. The fourth-order valence-corrected chi connectivity index (χ4v) is 7.54. The van der Waals surface area contributed by atoms with Gasteiger partial charge in [-0.2, -0.15) is 5.26 Å². The molecule has 0 N–H and O–H groups in total. The summed E-state index contributed by atoms with van der Waals surface area (Å²) in [6.07, 6.45) is 0. The van der Waals surface area contributed by atoms with Crippen molar-refractivity contribution < 1.29 is 4.42 Å². The van der Waals surface area contributed by atoms with Crippen LogP contribution in [-0.4, -0.2) is 9.13 Å². The molecule has 3 aromatic heterocycles. The molecule has 10 rings (SSSR count). The third-order valence-corrected chi connectivity index (χ3v) is 9.57. The summed E-state index contributed by atoms with van der Waals surface area (Å²) in [4.78, 5) is 0. The number of nitrogens with zero attached hydrogens (tertiary/aromatic N) is 3. The van der Waals surface area contributed by atoms with Crippen LogP contribution in [0.3, 0.4) is 0 Å². The van der Waals surface area contributed by atoms with Crippen molar-refractivity contribution in [2.75, 3.05) is 0 Å². The molecule has 0 fully saturated rings. The molecule has 0 bridgehead atoms. The number of nitriles is 1. The maximum atomic E-state index is 10.6. The molecule has 0 unspecified atom stereocenters. The average molecular weight is 600 g/mol. The van der Waals surface area contributed by atoms with Gasteiger partial charge in [0, 0.05) is 49.1 Å². The third kappa shape index (κ3) is 3.63. The lowest BCUT2D eigenvalue weighted by Gasteiger charge is -2.16. The summed E-state index contributed by atoms with van der Waals surface area (Å²) in [6, 6.07) is 55.3. The maximum absolute atomic E-state index is 10.6. The summed E-state index contributed by atoms with van der Waals surface area (Å²) >= 11 is 0. The largest absolute Gasteiger partial charge is 0.456 e. The van der Waals surface area contributed by atoms with E-state index in [1.165, 1.54) is 10.8 Å². The van der Waals surface area contributed by atoms with Crippen molar-refractivity contribution in [3.8, 4) is 28.6 Å². The summed E-state index contributed by atoms with van der Waals surface area (Å²) in [5.41, 5.74) is 10.7. The lowest BCUT2D eigenvalue weighted by atomic mass is 9.97. The molecule has 4 heteroatoms. The Morgan fingerprint density at radius 1 is 0.426 bits per heavy atom. The van der Waals surface area contributed by atoms with Crippen molar-refractivity contribution >= 4 is 65.6 Å². The van der Waals surface area contributed by atoms with Crippen molar-refractivity contribution in [2.24, 2.45) is 0 Å². The quantitative estimate of drug-likeness (QED) is 0.203. The molecule has 10 aromatic rings. The predicted octanol–water partition coefficient (Wildman–Crippen LogP) is 11.3. The van der Waals surface area contributed by atoms with Crippen LogP contribution in [0.1, 0.15) is 5.56 Å². The Balaban J connectivity index is 1.23. The van der Waals surface area contributed by atoms with Crippen LogP contribution < -0.4 is 0 Å². The molecule has 0 amide bonds. The second-order valence-electron chi connectivity index (χ2n) is 12.0. The fourth-order valence-electron chi connectivity index (χ4n) is 7.54. The molecule has 0 aliphatic carbocycles. The summed E-state index contributed by atoms with van der Waals surface area (Å²) < 4.78 is 10.9. The number of furan rings is 1. The Kier molecular flexibility index (Phi) is 5.32. The normalized spacial score (nSPS) is 11.8. The number of hydrogen-bond acceptors (Lipinski definition) is 2. The Morgan fingerprint density at radius 3 is 1.74 bits per heavy atom. The van der Waals surface area contributed by atoms with Crippen LogP contribution in [-0.2, 0) is 0 Å². The Labute approximate surface area is 269 Å². The first-order valence-electron chi connectivity index (χ1n) is 15.8. The zero-order valence-corrected chi connectivity index (χ0v) is 25.2. The SMILES string of the molecule is N#Cc1cc(-n2c3ccccc3c3ccccc32)ccc1-c1ccccc1-n1c2ccccc2c2cc3oc4ccccc4c3cc21. The monoisotopic (exact) mass is 599 g/mol. The van der Waals surface area contributed by atoms with Crippen molar-refractivity contribution in [2.45, 2.75) is 0 Å². The first kappa shape index (κ1) is 25.7. The van der Waals surface area contributed by atoms with Gasteiger partial charge in [0.15, 0.2) is 0 Å². The van der Waals surface area contributed by atoms with Gasteiger partial charge in [-0.15, -0.1) is 0 Å². The van der Waals surface area contributed by atoms with Crippen LogP contribution >= 0.6 is 0 Å². The average Bonchev–Trinajstić information content (AvgIpc) is 3.78. The van der Waals surface area contributed by atoms with Gasteiger partial charge in [0.05, 0.1) is 39.4 Å². The Morgan fingerprint density at radius 2 is 1.02 bits per heavy atom. The second kappa shape index (κ2) is 9.71. The van der Waals surface area contributed by atoms with E-state index < -0.39 is 0 Å². The first-order valence-corrected chi connectivity index (χ1v) is 15.8. The number of fused-ring (bicyclic) bond motifs is 9. The van der Waals surface area contributed by atoms with Gasteiger partial charge in [-0.3, -0.25) is 0 Å². The zero-order valence-electron chi connectivity index (χ0n) is 25.2. The van der Waals surface area contributed by atoms with Crippen LogP contribution in [0.25, 0.3) is 88.1 Å². The van der Waals surface area contributed by atoms with Crippen LogP contribution in [0.2, 0.25) is 0 Å². The van der Waals surface area contributed by atoms with Crippen LogP contribution in [0.4, 0.5) is 0 Å². The van der Waals surface area contributed by atoms with Crippen LogP contribution in [0.15, 0.2) is 156 Å². The molecule has 0 aliphatic heterocycles. The molecular weight excluding hydrogens is 574 g/mol. The van der Waals surface area contributed by atoms with E-state index in [-0.39, 0.29) is 0 Å². The van der Waals surface area contributed by atoms with E-state index >= 15 is 0 Å². The highest BCUT2D eigenvalue weighted by molar-refractivity contribution is 6.17. The van der Waals surface area contributed by atoms with E-state index in [4.69, 9.17) is 4.42 Å². The van der Waals surface area contributed by atoms with E-state index in [9.17, 15) is 5.26 Å². The summed E-state index contributed by atoms with van der Waals surface area (Å²) in [6.45, 7) is 0. The highest BCUT2D eigenvalue weighted by Gasteiger charge is 2.20. The molecule has 7 aromatic carbocycles. The summed E-state index contributed by atoms with van der Waals surface area (Å²) in [5.74, 6) is 0. The van der Waals surface area contributed by atoms with Crippen molar-refractivity contribution in [1.29, 1.82) is 5.26 Å². The molecule has 218 valence electrons. The third-order valence-electron chi connectivity index (χ3n) is 9.57. The number of aromatic nitrogens is 2. The number of hydrogen-bond donors (Lipinski definition) is 0. The zero-order chi connectivity index (χ0) is 31.1. The smallest absolute Gasteiger partial charge is 0.136 e. The van der Waals surface area contributed by atoms with Gasteiger partial charge >= 0.3 is 0 Å². The maximum Gasteiger partial charge on any atom is 0.136 e. The lowest BCUT2D eigenvalue weighted by molar-refractivity contribution is 0.669. The molecule has 4 nitrogen and oxygen atoms in total. The molecule has 0 saturated heterocycles. The molecule has 0 atom stereocenters. The molecule has 0 radical (unpaired) electrons. The van der Waals surface area contributed by atoms with Gasteiger partial charge in [-0.05, 0) is 54.6 Å². The summed E-state index contributed by atoms with van der Waals surface area (Å²) in [5, 5.41) is 17.5. The molecular formula is C43H25N3O. The number of benzene rings is 7. The highest BCUT2D eigenvalue weighted by atomic mass is 16.3. The van der Waals surface area contributed by atoms with Gasteiger partial charge in [0.2, 0.25) is 0 Å². The van der Waals surface area contributed by atoms with Gasteiger partial charge in [-0.25, -0.2) is 0 Å². The molecule has 3 heterocycles. The Bertz CT molecular complexity index is 2880. The number of para-hydroxylation sites is 5. The topological polar surface area (TPSA) is 46.8 Å². The van der Waals surface area contributed by atoms with E-state index in [0.717, 1.165) is 77.3 Å². The van der Waals surface area contributed by atoms with Gasteiger partial charge < -0.3 is 13.6 Å². The molecule has 0 spiro atoms. The van der Waals surface area contributed by atoms with Crippen LogP contribution in [0, 0.1) is 11.3 Å². The standard InChI is InChI=1S/C43H25N3O/c44-26-27-23-28(45-37-16-6-2-12-31(37)32-13-3-7-17-38(32)45)21-22-29(27)30-11-1-8-18-39(30)46-40-19-9-4-14-33(40)35-25-43-36(24-41(35)46)34-15-5-10-20-42(34)47-43/h1-25H. The molecule has 47 heavy (non-hydrogen) atoms. The lowest BCUT2D eigenvalue weighted by Crippen LogP contribution is -2.00. The van der Waals surface area contributed by atoms with Crippen molar-refractivity contribution in [1.82, 2.24) is 9.13 Å². The second-order valence-corrected chi connectivity index (χ2v) is 12.0. The minimum absolute atomic E-state index is 0.626. The number of rotatable bonds is 3. The molecule has 0 saturated carbocycles. The van der Waals surface area contributed by atoms with E-state index in [1.54, 1.807) is 0 Å². The van der Waals surface area contributed by atoms with Crippen LogP contribution in [0.5, 0.6) is 0 Å². The summed E-state index contributed by atoms with van der Waals surface area (Å²) in [7, 11) is 0. The fraction of sp³-hybridized carbons (Fsp3) is 0. The van der Waals surface area contributed by atoms with E-state index in [1.807, 2.05) is 18.2 Å². The van der Waals surface area contributed by atoms with E-state index in [2.05, 4.69) is 149 Å². The van der Waals surface area contributed by atoms with Gasteiger partial charge in [0.1, 0.15) is 11.2 Å². The van der Waals surface area contributed by atoms with Crippen molar-refractivity contribution in [3.63, 3.8) is 0 Å².